The average Bonchev–Trinajstić information content (AvgIpc) is 3.12. The van der Waals surface area contributed by atoms with Gasteiger partial charge in [-0.25, -0.2) is 4.68 Å². The number of ether oxygens (including phenoxy) is 1. The predicted octanol–water partition coefficient (Wildman–Crippen LogP) is 0.753. The molecule has 7 heteroatoms. The minimum Gasteiger partial charge on any atom is -0.468 e. The monoisotopic (exact) mass is 301 g/mol. The molecule has 1 aliphatic rings. The zero-order valence-electron chi connectivity index (χ0n) is 9.27. The summed E-state index contributed by atoms with van der Waals surface area (Å²) in [6.07, 6.45) is 3.75. The van der Waals surface area contributed by atoms with Crippen molar-refractivity contribution >= 4 is 27.6 Å². The number of methoxy groups -OCH3 is 1. The van der Waals surface area contributed by atoms with Crippen LogP contribution >= 0.6 is 15.9 Å². The SMILES string of the molecule is COC(=O)Cn1ncc(NC2CC2)c(Br)c1=O. The molecule has 92 valence electrons. The van der Waals surface area contributed by atoms with Crippen molar-refractivity contribution in [1.82, 2.24) is 9.78 Å². The van der Waals surface area contributed by atoms with E-state index in [4.69, 9.17) is 0 Å². The first kappa shape index (κ1) is 12.1. The first-order chi connectivity index (χ1) is 8.11. The van der Waals surface area contributed by atoms with E-state index in [0.717, 1.165) is 17.5 Å². The number of rotatable bonds is 4. The van der Waals surface area contributed by atoms with Crippen LogP contribution in [0.5, 0.6) is 0 Å². The second-order valence-electron chi connectivity index (χ2n) is 3.83. The smallest absolute Gasteiger partial charge is 0.327 e. The fourth-order valence-electron chi connectivity index (χ4n) is 1.31. The molecule has 1 fully saturated rings. The molecular weight excluding hydrogens is 290 g/mol. The van der Waals surface area contributed by atoms with Crippen LogP contribution in [0.1, 0.15) is 12.8 Å². The minimum atomic E-state index is -0.505. The zero-order chi connectivity index (χ0) is 12.4. The summed E-state index contributed by atoms with van der Waals surface area (Å²) in [6, 6.07) is 0.434. The molecule has 1 saturated carbocycles. The van der Waals surface area contributed by atoms with Crippen LogP contribution in [0.3, 0.4) is 0 Å². The Kier molecular flexibility index (Phi) is 3.46. The van der Waals surface area contributed by atoms with Crippen molar-refractivity contribution < 1.29 is 9.53 Å². The predicted molar refractivity (Wildman–Crippen MR) is 64.9 cm³/mol. The second kappa shape index (κ2) is 4.87. The van der Waals surface area contributed by atoms with Crippen LogP contribution in [0.2, 0.25) is 0 Å². The highest BCUT2D eigenvalue weighted by Crippen LogP contribution is 2.26. The van der Waals surface area contributed by atoms with E-state index in [1.54, 1.807) is 0 Å². The van der Waals surface area contributed by atoms with Gasteiger partial charge in [0.05, 0.1) is 19.0 Å². The van der Waals surface area contributed by atoms with E-state index in [0.29, 0.717) is 16.2 Å². The van der Waals surface area contributed by atoms with E-state index in [1.165, 1.54) is 13.3 Å². The van der Waals surface area contributed by atoms with Gasteiger partial charge in [-0.05, 0) is 28.8 Å². The van der Waals surface area contributed by atoms with Gasteiger partial charge in [0.1, 0.15) is 11.0 Å². The molecule has 17 heavy (non-hydrogen) atoms. The lowest BCUT2D eigenvalue weighted by atomic mass is 10.4. The molecule has 0 spiro atoms. The van der Waals surface area contributed by atoms with Gasteiger partial charge in [-0.15, -0.1) is 0 Å². The van der Waals surface area contributed by atoms with Crippen molar-refractivity contribution in [3.8, 4) is 0 Å². The van der Waals surface area contributed by atoms with Crippen LogP contribution < -0.4 is 10.9 Å². The number of aromatic nitrogens is 2. The number of nitrogens with zero attached hydrogens (tertiary/aromatic N) is 2. The molecule has 6 nitrogen and oxygen atoms in total. The molecule has 0 amide bonds. The van der Waals surface area contributed by atoms with E-state index in [9.17, 15) is 9.59 Å². The quantitative estimate of drug-likeness (QED) is 0.831. The highest BCUT2D eigenvalue weighted by Gasteiger charge is 2.23. The van der Waals surface area contributed by atoms with Gasteiger partial charge >= 0.3 is 5.97 Å². The highest BCUT2D eigenvalue weighted by molar-refractivity contribution is 9.10. The van der Waals surface area contributed by atoms with Gasteiger partial charge in [0.2, 0.25) is 0 Å². The summed E-state index contributed by atoms with van der Waals surface area (Å²) in [5, 5.41) is 7.10. The van der Waals surface area contributed by atoms with Gasteiger partial charge in [0, 0.05) is 6.04 Å². The standard InChI is InChI=1S/C10H12BrN3O3/c1-17-8(15)5-14-10(16)9(11)7(4-12-14)13-6-2-3-6/h4,6,13H,2-3,5H2,1H3. The van der Waals surface area contributed by atoms with Crippen LogP contribution in [-0.2, 0) is 16.1 Å². The lowest BCUT2D eigenvalue weighted by molar-refractivity contribution is -0.141. The largest absolute Gasteiger partial charge is 0.468 e. The summed E-state index contributed by atoms with van der Waals surface area (Å²) in [4.78, 5) is 22.9. The Morgan fingerprint density at radius 1 is 1.71 bits per heavy atom. The summed E-state index contributed by atoms with van der Waals surface area (Å²) >= 11 is 3.21. The molecule has 0 saturated heterocycles. The number of halogens is 1. The number of carbonyl (C=O) groups is 1. The average molecular weight is 302 g/mol. The summed E-state index contributed by atoms with van der Waals surface area (Å²) in [5.74, 6) is -0.505. The molecule has 2 rings (SSSR count). The molecule has 0 bridgehead atoms. The van der Waals surface area contributed by atoms with Crippen LogP contribution in [0.25, 0.3) is 0 Å². The second-order valence-corrected chi connectivity index (χ2v) is 4.62. The van der Waals surface area contributed by atoms with Crippen molar-refractivity contribution in [3.05, 3.63) is 21.0 Å². The molecule has 0 aliphatic heterocycles. The van der Waals surface area contributed by atoms with Crippen molar-refractivity contribution in [3.63, 3.8) is 0 Å². The first-order valence-electron chi connectivity index (χ1n) is 5.21. The number of hydrogen-bond donors (Lipinski definition) is 1. The van der Waals surface area contributed by atoms with Gasteiger partial charge in [-0.1, -0.05) is 0 Å². The lowest BCUT2D eigenvalue weighted by Crippen LogP contribution is -2.28. The molecule has 1 aliphatic carbocycles. The maximum atomic E-state index is 11.8. The van der Waals surface area contributed by atoms with Gasteiger partial charge in [0.25, 0.3) is 5.56 Å². The Morgan fingerprint density at radius 3 is 3.00 bits per heavy atom. The molecule has 0 unspecified atom stereocenters. The van der Waals surface area contributed by atoms with Crippen molar-refractivity contribution in [2.24, 2.45) is 0 Å². The Hall–Kier alpha value is -1.37. The van der Waals surface area contributed by atoms with Crippen molar-refractivity contribution in [2.45, 2.75) is 25.4 Å². The van der Waals surface area contributed by atoms with Crippen molar-refractivity contribution in [1.29, 1.82) is 0 Å². The maximum Gasteiger partial charge on any atom is 0.327 e. The molecular formula is C10H12BrN3O3. The molecule has 1 heterocycles. The summed E-state index contributed by atoms with van der Waals surface area (Å²) in [6.45, 7) is -0.183. The maximum absolute atomic E-state index is 11.8. The van der Waals surface area contributed by atoms with Gasteiger partial charge in [0.15, 0.2) is 0 Å². The van der Waals surface area contributed by atoms with Crippen LogP contribution in [0, 0.1) is 0 Å². The zero-order valence-corrected chi connectivity index (χ0v) is 10.9. The number of nitrogens with one attached hydrogen (secondary N) is 1. The lowest BCUT2D eigenvalue weighted by Gasteiger charge is -2.08. The number of hydrogen-bond acceptors (Lipinski definition) is 5. The van der Waals surface area contributed by atoms with E-state index in [-0.39, 0.29) is 12.1 Å². The Labute approximate surface area is 106 Å². The number of anilines is 1. The van der Waals surface area contributed by atoms with E-state index >= 15 is 0 Å². The summed E-state index contributed by atoms with van der Waals surface area (Å²) in [7, 11) is 1.27. The third-order valence-electron chi connectivity index (χ3n) is 2.43. The normalized spacial score (nSPS) is 14.5. The number of carbonyl (C=O) groups excluding carboxylic acids is 1. The summed E-state index contributed by atoms with van der Waals surface area (Å²) < 4.78 is 5.94. The molecule has 0 atom stereocenters. The fourth-order valence-corrected chi connectivity index (χ4v) is 1.73. The molecule has 1 N–H and O–H groups in total. The van der Waals surface area contributed by atoms with Gasteiger partial charge < -0.3 is 10.1 Å². The minimum absolute atomic E-state index is 0.183. The molecule has 1 aromatic heterocycles. The Morgan fingerprint density at radius 2 is 2.41 bits per heavy atom. The van der Waals surface area contributed by atoms with Crippen LogP contribution in [0.15, 0.2) is 15.5 Å². The van der Waals surface area contributed by atoms with Crippen LogP contribution in [-0.4, -0.2) is 28.9 Å². The topological polar surface area (TPSA) is 73.2 Å². The third-order valence-corrected chi connectivity index (χ3v) is 3.19. The van der Waals surface area contributed by atoms with E-state index < -0.39 is 5.97 Å². The molecule has 1 aromatic rings. The molecule has 0 radical (unpaired) electrons. The highest BCUT2D eigenvalue weighted by atomic mass is 79.9. The van der Waals surface area contributed by atoms with Gasteiger partial charge in [-0.2, -0.15) is 5.10 Å². The van der Waals surface area contributed by atoms with Gasteiger partial charge in [-0.3, -0.25) is 9.59 Å². The van der Waals surface area contributed by atoms with Crippen LogP contribution in [0.4, 0.5) is 5.69 Å². The molecule has 0 aromatic carbocycles. The third kappa shape index (κ3) is 2.85. The Balaban J connectivity index is 2.21. The fraction of sp³-hybridized carbons (Fsp3) is 0.500. The van der Waals surface area contributed by atoms with E-state index in [2.05, 4.69) is 31.1 Å². The number of esters is 1. The first-order valence-corrected chi connectivity index (χ1v) is 6.00. The summed E-state index contributed by atoms with van der Waals surface area (Å²) in [5.41, 5.74) is 0.319. The van der Waals surface area contributed by atoms with Crippen molar-refractivity contribution in [2.75, 3.05) is 12.4 Å². The van der Waals surface area contributed by atoms with E-state index in [1.807, 2.05) is 0 Å². The Bertz CT molecular complexity index is 496.